The van der Waals surface area contributed by atoms with Crippen LogP contribution in [-0.2, 0) is 9.59 Å². The smallest absolute Gasteiger partial charge is 0.226 e. The van der Waals surface area contributed by atoms with Gasteiger partial charge >= 0.3 is 0 Å². The van der Waals surface area contributed by atoms with Crippen LogP contribution in [0, 0.1) is 5.92 Å². The zero-order chi connectivity index (χ0) is 20.5. The van der Waals surface area contributed by atoms with E-state index in [1.807, 2.05) is 19.1 Å². The Morgan fingerprint density at radius 1 is 0.889 bits per heavy atom. The lowest BCUT2D eigenvalue weighted by atomic mass is 9.97. The van der Waals surface area contributed by atoms with E-state index in [-0.39, 0.29) is 57.7 Å². The van der Waals surface area contributed by atoms with Gasteiger partial charge in [0.15, 0.2) is 0 Å². The second-order valence-corrected chi connectivity index (χ2v) is 6.57. The summed E-state index contributed by atoms with van der Waals surface area (Å²) in [7, 11) is 0. The zero-order valence-electron chi connectivity index (χ0n) is 17.0. The van der Waals surface area contributed by atoms with Gasteiger partial charge in [-0.05, 0) is 26.2 Å². The molecular weight excluding hydrogens is 348 g/mol. The van der Waals surface area contributed by atoms with E-state index in [1.54, 1.807) is 0 Å². The molecule has 7 nitrogen and oxygen atoms in total. The van der Waals surface area contributed by atoms with Crippen LogP contribution >= 0.6 is 0 Å². The topological polar surface area (TPSA) is 101 Å². The minimum Gasteiger partial charge on any atom is -0.395 e. The SMILES string of the molecule is CCCCC/C=C/CC(CC(=O)N(CC)CCO)C(=O)N(CCO)CCO. The molecule has 0 heterocycles. The van der Waals surface area contributed by atoms with Gasteiger partial charge in [-0.15, -0.1) is 0 Å². The van der Waals surface area contributed by atoms with E-state index >= 15 is 0 Å². The van der Waals surface area contributed by atoms with Crippen molar-refractivity contribution in [1.82, 2.24) is 9.80 Å². The number of hydrogen-bond acceptors (Lipinski definition) is 5. The van der Waals surface area contributed by atoms with Crippen LogP contribution in [0.3, 0.4) is 0 Å². The molecule has 0 radical (unpaired) electrons. The lowest BCUT2D eigenvalue weighted by Gasteiger charge is -2.27. The van der Waals surface area contributed by atoms with E-state index in [4.69, 9.17) is 5.11 Å². The number of aliphatic hydroxyl groups excluding tert-OH is 3. The average Bonchev–Trinajstić information content (AvgIpc) is 2.66. The second-order valence-electron chi connectivity index (χ2n) is 6.57. The van der Waals surface area contributed by atoms with Crippen LogP contribution in [0.5, 0.6) is 0 Å². The maximum atomic E-state index is 12.8. The summed E-state index contributed by atoms with van der Waals surface area (Å²) in [6.45, 7) is 4.49. The molecule has 1 unspecified atom stereocenters. The van der Waals surface area contributed by atoms with Gasteiger partial charge in [-0.1, -0.05) is 31.9 Å². The van der Waals surface area contributed by atoms with Crippen LogP contribution in [0.25, 0.3) is 0 Å². The molecule has 0 bridgehead atoms. The molecule has 0 saturated heterocycles. The standard InChI is InChI=1S/C20H38N2O5/c1-3-5-6-7-8-9-10-18(17-19(26)21(4-2)11-14-23)20(27)22(12-15-24)13-16-25/h8-9,18,23-25H,3-7,10-17H2,1-2H3/b9-8+. The number of amides is 2. The first-order chi connectivity index (χ1) is 13.0. The van der Waals surface area contributed by atoms with Crippen molar-refractivity contribution in [3.05, 3.63) is 12.2 Å². The lowest BCUT2D eigenvalue weighted by Crippen LogP contribution is -2.42. The Morgan fingerprint density at radius 3 is 2.00 bits per heavy atom. The Bertz CT molecular complexity index is 423. The summed E-state index contributed by atoms with van der Waals surface area (Å²) in [5.41, 5.74) is 0. The predicted octanol–water partition coefficient (Wildman–Crippen LogP) is 1.17. The monoisotopic (exact) mass is 386 g/mol. The molecule has 27 heavy (non-hydrogen) atoms. The van der Waals surface area contributed by atoms with Gasteiger partial charge in [-0.2, -0.15) is 0 Å². The van der Waals surface area contributed by atoms with Gasteiger partial charge in [-0.25, -0.2) is 0 Å². The Morgan fingerprint density at radius 2 is 1.48 bits per heavy atom. The number of nitrogens with zero attached hydrogens (tertiary/aromatic N) is 2. The summed E-state index contributed by atoms with van der Waals surface area (Å²) in [6, 6.07) is 0. The second kappa shape index (κ2) is 16.7. The van der Waals surface area contributed by atoms with Crippen LogP contribution in [0.1, 0.15) is 52.4 Å². The summed E-state index contributed by atoms with van der Waals surface area (Å²) in [5, 5.41) is 27.4. The highest BCUT2D eigenvalue weighted by Crippen LogP contribution is 2.16. The van der Waals surface area contributed by atoms with Gasteiger partial charge < -0.3 is 25.1 Å². The fraction of sp³-hybridized carbons (Fsp3) is 0.800. The number of allylic oxidation sites excluding steroid dienone is 2. The minimum atomic E-state index is -0.536. The van der Waals surface area contributed by atoms with Gasteiger partial charge in [0.25, 0.3) is 0 Å². The highest BCUT2D eigenvalue weighted by molar-refractivity contribution is 5.86. The van der Waals surface area contributed by atoms with Gasteiger partial charge in [0, 0.05) is 32.6 Å². The van der Waals surface area contributed by atoms with Crippen molar-refractivity contribution in [2.45, 2.75) is 52.4 Å². The van der Waals surface area contributed by atoms with Gasteiger partial charge in [0.05, 0.1) is 25.7 Å². The van der Waals surface area contributed by atoms with Crippen LogP contribution in [-0.4, -0.2) is 82.9 Å². The maximum Gasteiger partial charge on any atom is 0.226 e. The average molecular weight is 387 g/mol. The lowest BCUT2D eigenvalue weighted by molar-refractivity contribution is -0.142. The molecule has 0 fully saturated rings. The Kier molecular flexibility index (Phi) is 15.8. The molecule has 0 aromatic rings. The summed E-state index contributed by atoms with van der Waals surface area (Å²) >= 11 is 0. The number of rotatable bonds is 16. The van der Waals surface area contributed by atoms with Gasteiger partial charge in [0.2, 0.25) is 11.8 Å². The molecule has 0 aliphatic heterocycles. The first kappa shape index (κ1) is 25.6. The van der Waals surface area contributed by atoms with Crippen molar-refractivity contribution in [1.29, 1.82) is 0 Å². The van der Waals surface area contributed by atoms with E-state index in [1.165, 1.54) is 16.2 Å². The fourth-order valence-electron chi connectivity index (χ4n) is 2.91. The van der Waals surface area contributed by atoms with Crippen molar-refractivity contribution in [3.63, 3.8) is 0 Å². The molecule has 0 rings (SSSR count). The van der Waals surface area contributed by atoms with Crippen molar-refractivity contribution < 1.29 is 24.9 Å². The highest BCUT2D eigenvalue weighted by Gasteiger charge is 2.27. The molecule has 1 atom stereocenters. The molecule has 0 aromatic heterocycles. The van der Waals surface area contributed by atoms with E-state index in [0.29, 0.717) is 13.0 Å². The van der Waals surface area contributed by atoms with Crippen molar-refractivity contribution >= 4 is 11.8 Å². The molecule has 0 aromatic carbocycles. The van der Waals surface area contributed by atoms with Crippen LogP contribution in [0.15, 0.2) is 12.2 Å². The van der Waals surface area contributed by atoms with Crippen LogP contribution < -0.4 is 0 Å². The third-order valence-corrected chi connectivity index (χ3v) is 4.49. The molecule has 0 aliphatic rings. The summed E-state index contributed by atoms with van der Waals surface area (Å²) < 4.78 is 0. The van der Waals surface area contributed by atoms with Gasteiger partial charge in [-0.3, -0.25) is 9.59 Å². The largest absolute Gasteiger partial charge is 0.395 e. The van der Waals surface area contributed by atoms with E-state index in [9.17, 15) is 19.8 Å². The third-order valence-electron chi connectivity index (χ3n) is 4.49. The first-order valence-corrected chi connectivity index (χ1v) is 10.1. The van der Waals surface area contributed by atoms with E-state index < -0.39 is 5.92 Å². The number of unbranched alkanes of at least 4 members (excludes halogenated alkanes) is 3. The molecule has 3 N–H and O–H groups in total. The summed E-state index contributed by atoms with van der Waals surface area (Å²) in [4.78, 5) is 28.3. The summed E-state index contributed by atoms with van der Waals surface area (Å²) in [5.74, 6) is -0.937. The Balaban J connectivity index is 5.05. The van der Waals surface area contributed by atoms with Crippen LogP contribution in [0.2, 0.25) is 0 Å². The fourth-order valence-corrected chi connectivity index (χ4v) is 2.91. The number of aliphatic hydroxyl groups is 3. The minimum absolute atomic E-state index is 0.0549. The highest BCUT2D eigenvalue weighted by atomic mass is 16.3. The molecule has 0 saturated carbocycles. The number of likely N-dealkylation sites (N-methyl/N-ethyl adjacent to an activating group) is 1. The van der Waals surface area contributed by atoms with E-state index in [2.05, 4.69) is 6.92 Å². The number of carbonyl (C=O) groups excluding carboxylic acids is 2. The van der Waals surface area contributed by atoms with Crippen molar-refractivity contribution in [2.75, 3.05) is 46.0 Å². The van der Waals surface area contributed by atoms with Crippen LogP contribution in [0.4, 0.5) is 0 Å². The maximum absolute atomic E-state index is 12.8. The van der Waals surface area contributed by atoms with Crippen molar-refractivity contribution in [2.24, 2.45) is 5.92 Å². The molecule has 7 heteroatoms. The number of hydrogen-bond donors (Lipinski definition) is 3. The molecule has 2 amide bonds. The van der Waals surface area contributed by atoms with Gasteiger partial charge in [0.1, 0.15) is 0 Å². The normalized spacial score (nSPS) is 12.3. The first-order valence-electron chi connectivity index (χ1n) is 10.1. The quantitative estimate of drug-likeness (QED) is 0.273. The Labute approximate surface area is 163 Å². The summed E-state index contributed by atoms with van der Waals surface area (Å²) in [6.07, 6.45) is 8.87. The predicted molar refractivity (Wildman–Crippen MR) is 106 cm³/mol. The number of carbonyl (C=O) groups is 2. The molecular formula is C20H38N2O5. The zero-order valence-corrected chi connectivity index (χ0v) is 17.0. The van der Waals surface area contributed by atoms with Crippen molar-refractivity contribution in [3.8, 4) is 0 Å². The molecule has 158 valence electrons. The molecule has 0 spiro atoms. The van der Waals surface area contributed by atoms with E-state index in [0.717, 1.165) is 19.3 Å². The third kappa shape index (κ3) is 11.1. The Hall–Kier alpha value is -1.44. The molecule has 0 aliphatic carbocycles.